The molecular weight excluding hydrogens is 403 g/mol. The molecule has 0 bridgehead atoms. The number of anilines is 1. The van der Waals surface area contributed by atoms with E-state index in [2.05, 4.69) is 17.2 Å². The summed E-state index contributed by atoms with van der Waals surface area (Å²) in [6.45, 7) is 3.32. The number of aryl methyl sites for hydroxylation is 1. The van der Waals surface area contributed by atoms with Crippen LogP contribution in [0.3, 0.4) is 0 Å². The summed E-state index contributed by atoms with van der Waals surface area (Å²) < 4.78 is 14.1. The Morgan fingerprint density at radius 1 is 1.20 bits per heavy atom. The lowest BCUT2D eigenvalue weighted by molar-refractivity contribution is 0.0685. The topological polar surface area (TPSA) is 70.7 Å². The van der Waals surface area contributed by atoms with Crippen LogP contribution in [0.25, 0.3) is 0 Å². The van der Waals surface area contributed by atoms with Crippen LogP contribution in [0.4, 0.5) is 10.1 Å². The highest BCUT2D eigenvalue weighted by atomic mass is 35.5. The molecule has 0 saturated carbocycles. The van der Waals surface area contributed by atoms with E-state index in [1.165, 1.54) is 11.6 Å². The Labute approximate surface area is 183 Å². The van der Waals surface area contributed by atoms with Gasteiger partial charge in [-0.1, -0.05) is 31.5 Å². The van der Waals surface area contributed by atoms with Gasteiger partial charge in [0.2, 0.25) is 0 Å². The Morgan fingerprint density at radius 2 is 1.90 bits per heavy atom. The first kappa shape index (κ1) is 22.1. The number of carbonyl (C=O) groups is 1. The number of likely N-dealkylation sites (tertiary alicyclic amines) is 1. The van der Waals surface area contributed by atoms with Crippen LogP contribution in [0.15, 0.2) is 47.5 Å². The van der Waals surface area contributed by atoms with Crippen LogP contribution in [0.5, 0.6) is 0 Å². The van der Waals surface area contributed by atoms with Crippen molar-refractivity contribution in [1.29, 1.82) is 0 Å². The van der Waals surface area contributed by atoms with Gasteiger partial charge in [-0.2, -0.15) is 0 Å². The SMILES string of the molecule is CCCCc1ccc(C(=O)N2CCC3(CC2)N=C(N)c2c(F)cccc2N3)cc1.Cl. The number of fused-ring (bicyclic) bond motifs is 1. The van der Waals surface area contributed by atoms with E-state index < -0.39 is 5.66 Å². The lowest BCUT2D eigenvalue weighted by atomic mass is 9.93. The molecule has 2 aliphatic rings. The fourth-order valence-corrected chi connectivity index (χ4v) is 4.15. The minimum atomic E-state index is -0.578. The molecule has 1 spiro atoms. The zero-order valence-electron chi connectivity index (χ0n) is 17.2. The maximum atomic E-state index is 14.1. The van der Waals surface area contributed by atoms with Crippen LogP contribution >= 0.6 is 12.4 Å². The van der Waals surface area contributed by atoms with E-state index in [-0.39, 0.29) is 30.0 Å². The summed E-state index contributed by atoms with van der Waals surface area (Å²) in [7, 11) is 0. The fourth-order valence-electron chi connectivity index (χ4n) is 4.15. The number of carbonyl (C=O) groups excluding carboxylic acids is 1. The largest absolute Gasteiger partial charge is 0.383 e. The van der Waals surface area contributed by atoms with E-state index in [9.17, 15) is 9.18 Å². The van der Waals surface area contributed by atoms with E-state index in [1.54, 1.807) is 6.07 Å². The number of unbranched alkanes of at least 4 members (excludes halogenated alkanes) is 1. The molecule has 2 aliphatic heterocycles. The Hall–Kier alpha value is -2.60. The van der Waals surface area contributed by atoms with Crippen LogP contribution in [-0.4, -0.2) is 35.4 Å². The number of piperidine rings is 1. The van der Waals surface area contributed by atoms with E-state index in [4.69, 9.17) is 5.73 Å². The molecule has 30 heavy (non-hydrogen) atoms. The number of benzene rings is 2. The molecule has 2 aromatic carbocycles. The van der Waals surface area contributed by atoms with E-state index in [0.717, 1.165) is 19.3 Å². The summed E-state index contributed by atoms with van der Waals surface area (Å²) in [6, 6.07) is 12.8. The van der Waals surface area contributed by atoms with Gasteiger partial charge in [0.05, 0.1) is 5.56 Å². The molecule has 0 atom stereocenters. The molecule has 5 nitrogen and oxygen atoms in total. The zero-order chi connectivity index (χ0) is 20.4. The third-order valence-corrected chi connectivity index (χ3v) is 5.87. The first-order chi connectivity index (χ1) is 14.0. The second kappa shape index (κ2) is 9.04. The number of hydrogen-bond donors (Lipinski definition) is 2. The maximum Gasteiger partial charge on any atom is 0.253 e. The second-order valence-electron chi connectivity index (χ2n) is 7.91. The second-order valence-corrected chi connectivity index (χ2v) is 7.91. The number of nitrogens with zero attached hydrogens (tertiary/aromatic N) is 2. The third kappa shape index (κ3) is 4.29. The van der Waals surface area contributed by atoms with Crippen molar-refractivity contribution in [3.63, 3.8) is 0 Å². The van der Waals surface area contributed by atoms with Gasteiger partial charge in [-0.3, -0.25) is 4.79 Å². The summed E-state index contributed by atoms with van der Waals surface area (Å²) in [5.74, 6) is -0.110. The minimum Gasteiger partial charge on any atom is -0.383 e. The van der Waals surface area contributed by atoms with E-state index in [1.807, 2.05) is 35.2 Å². The Bertz CT molecular complexity index is 937. The fraction of sp³-hybridized carbons (Fsp3) is 0.391. The molecule has 1 amide bonds. The number of nitrogens with one attached hydrogen (secondary N) is 1. The summed E-state index contributed by atoms with van der Waals surface area (Å²) >= 11 is 0. The van der Waals surface area contributed by atoms with Crippen LogP contribution in [0.1, 0.15) is 54.1 Å². The van der Waals surface area contributed by atoms with Gasteiger partial charge in [0, 0.05) is 37.2 Å². The number of amides is 1. The zero-order valence-corrected chi connectivity index (χ0v) is 18.0. The molecule has 3 N–H and O–H groups in total. The molecule has 2 heterocycles. The van der Waals surface area contributed by atoms with Crippen LogP contribution in [-0.2, 0) is 6.42 Å². The van der Waals surface area contributed by atoms with Crippen molar-refractivity contribution in [2.75, 3.05) is 18.4 Å². The van der Waals surface area contributed by atoms with Gasteiger partial charge in [-0.15, -0.1) is 12.4 Å². The van der Waals surface area contributed by atoms with Crippen molar-refractivity contribution in [3.05, 3.63) is 65.0 Å². The maximum absolute atomic E-state index is 14.1. The molecule has 0 radical (unpaired) electrons. The van der Waals surface area contributed by atoms with Gasteiger partial charge in [0.15, 0.2) is 0 Å². The van der Waals surface area contributed by atoms with Crippen molar-refractivity contribution in [2.24, 2.45) is 10.7 Å². The molecule has 0 aromatic heterocycles. The molecule has 2 aromatic rings. The minimum absolute atomic E-state index is 0. The number of amidine groups is 1. The predicted octanol–water partition coefficient (Wildman–Crippen LogP) is 4.35. The highest BCUT2D eigenvalue weighted by molar-refractivity contribution is 6.04. The number of rotatable bonds is 4. The monoisotopic (exact) mass is 430 g/mol. The van der Waals surface area contributed by atoms with Crippen LogP contribution in [0.2, 0.25) is 0 Å². The van der Waals surface area contributed by atoms with Crippen LogP contribution < -0.4 is 11.1 Å². The number of halogens is 2. The number of hydrogen-bond acceptors (Lipinski definition) is 4. The van der Waals surface area contributed by atoms with Crippen molar-refractivity contribution in [1.82, 2.24) is 4.90 Å². The first-order valence-electron chi connectivity index (χ1n) is 10.3. The van der Waals surface area contributed by atoms with Crippen molar-refractivity contribution >= 4 is 29.8 Å². The molecule has 1 fully saturated rings. The van der Waals surface area contributed by atoms with Gasteiger partial charge in [0.25, 0.3) is 5.91 Å². The Morgan fingerprint density at radius 3 is 2.57 bits per heavy atom. The van der Waals surface area contributed by atoms with E-state index in [0.29, 0.717) is 42.7 Å². The number of aliphatic imine (C=N–C) groups is 1. The standard InChI is InChI=1S/C23H27FN4O.ClH/c1-2-3-5-16-8-10-17(11-9-16)22(29)28-14-12-23(13-15-28)26-19-7-4-6-18(24)20(19)21(25)27-23;/h4,6-11,26H,2-3,5,12-15H2,1H3,(H2,25,27);1H. The normalized spacial score (nSPS) is 16.9. The average molecular weight is 431 g/mol. The molecule has 0 aliphatic carbocycles. The summed E-state index contributed by atoms with van der Waals surface area (Å²) in [5, 5.41) is 3.36. The molecule has 1 saturated heterocycles. The average Bonchev–Trinajstić information content (AvgIpc) is 2.72. The smallest absolute Gasteiger partial charge is 0.253 e. The summed E-state index contributed by atoms with van der Waals surface area (Å²) in [4.78, 5) is 19.3. The molecular formula is C23H28ClFN4O. The van der Waals surface area contributed by atoms with Gasteiger partial charge >= 0.3 is 0 Å². The van der Waals surface area contributed by atoms with Crippen LogP contribution in [0, 0.1) is 5.82 Å². The van der Waals surface area contributed by atoms with Crippen molar-refractivity contribution in [2.45, 2.75) is 44.7 Å². The van der Waals surface area contributed by atoms with E-state index >= 15 is 0 Å². The summed E-state index contributed by atoms with van der Waals surface area (Å²) in [6.07, 6.45) is 4.62. The third-order valence-electron chi connectivity index (χ3n) is 5.87. The predicted molar refractivity (Wildman–Crippen MR) is 121 cm³/mol. The van der Waals surface area contributed by atoms with Gasteiger partial charge in [-0.25, -0.2) is 9.38 Å². The highest BCUT2D eigenvalue weighted by Gasteiger charge is 2.39. The van der Waals surface area contributed by atoms with Gasteiger partial charge in [-0.05, 0) is 42.7 Å². The lowest BCUT2D eigenvalue weighted by Gasteiger charge is -2.42. The lowest BCUT2D eigenvalue weighted by Crippen LogP contribution is -2.52. The Kier molecular flexibility index (Phi) is 6.66. The highest BCUT2D eigenvalue weighted by Crippen LogP contribution is 2.35. The summed E-state index contributed by atoms with van der Waals surface area (Å²) in [5.41, 5.74) is 8.48. The van der Waals surface area contributed by atoms with Crippen molar-refractivity contribution in [3.8, 4) is 0 Å². The molecule has 4 rings (SSSR count). The first-order valence-corrected chi connectivity index (χ1v) is 10.3. The van der Waals surface area contributed by atoms with Crippen molar-refractivity contribution < 1.29 is 9.18 Å². The van der Waals surface area contributed by atoms with Gasteiger partial charge < -0.3 is 16.0 Å². The van der Waals surface area contributed by atoms with Gasteiger partial charge in [0.1, 0.15) is 17.3 Å². The molecule has 160 valence electrons. The molecule has 0 unspecified atom stereocenters. The molecule has 7 heteroatoms. The Balaban J connectivity index is 0.00000256. The number of nitrogens with two attached hydrogens (primary N) is 1. The quantitative estimate of drug-likeness (QED) is 0.757.